The quantitative estimate of drug-likeness (QED) is 0.677. The van der Waals surface area contributed by atoms with Crippen LogP contribution in [-0.4, -0.2) is 36.9 Å². The standard InChI is InChI=1S/C18H26FNO4.ClH/c1-3-10-22-17-12(2)23-18(21)15(20)8-5-9-16(17)24-14-7-4-6-13(19)11-14;/h4,6-7,11-12,15-17H,3,5,8-10,20H2,1-2H3;1H/t12-,15-,16-,17-;/m0./s1. The maximum Gasteiger partial charge on any atom is 0.365 e. The van der Waals surface area contributed by atoms with Crippen LogP contribution in [0.1, 0.15) is 39.5 Å². The van der Waals surface area contributed by atoms with E-state index in [0.717, 1.165) is 12.8 Å². The number of quaternary nitrogens is 1. The molecule has 1 aromatic rings. The maximum absolute atomic E-state index is 13.4. The summed E-state index contributed by atoms with van der Waals surface area (Å²) in [5, 5.41) is 0. The van der Waals surface area contributed by atoms with Crippen LogP contribution < -0.4 is 22.9 Å². The molecule has 1 heterocycles. The van der Waals surface area contributed by atoms with Gasteiger partial charge in [-0.05, 0) is 38.3 Å². The van der Waals surface area contributed by atoms with Crippen LogP contribution in [0, 0.1) is 5.82 Å². The topological polar surface area (TPSA) is 72.4 Å². The van der Waals surface area contributed by atoms with E-state index in [1.807, 2.05) is 6.92 Å². The molecular formula is C18H27ClFNO4. The molecule has 142 valence electrons. The van der Waals surface area contributed by atoms with Gasteiger partial charge >= 0.3 is 5.97 Å². The van der Waals surface area contributed by atoms with Gasteiger partial charge in [0.05, 0.1) is 0 Å². The minimum absolute atomic E-state index is 0. The second-order valence-electron chi connectivity index (χ2n) is 6.22. The predicted molar refractivity (Wildman–Crippen MR) is 86.9 cm³/mol. The molecule has 1 aliphatic heterocycles. The Kier molecular flexibility index (Phi) is 9.17. The number of esters is 1. The number of benzene rings is 1. The van der Waals surface area contributed by atoms with Gasteiger partial charge in [0.1, 0.15) is 29.9 Å². The number of cyclic esters (lactones) is 1. The van der Waals surface area contributed by atoms with Gasteiger partial charge < -0.3 is 32.4 Å². The Morgan fingerprint density at radius 3 is 2.80 bits per heavy atom. The summed E-state index contributed by atoms with van der Waals surface area (Å²) >= 11 is 0. The van der Waals surface area contributed by atoms with E-state index in [0.29, 0.717) is 25.2 Å². The Bertz CT molecular complexity index is 546. The van der Waals surface area contributed by atoms with Crippen LogP contribution in [0.2, 0.25) is 0 Å². The number of halogens is 2. The molecule has 0 amide bonds. The number of hydrogen-bond donors (Lipinski definition) is 1. The van der Waals surface area contributed by atoms with E-state index >= 15 is 0 Å². The Morgan fingerprint density at radius 2 is 2.12 bits per heavy atom. The summed E-state index contributed by atoms with van der Waals surface area (Å²) in [6, 6.07) is 5.67. The summed E-state index contributed by atoms with van der Waals surface area (Å²) in [6.07, 6.45) is 1.77. The van der Waals surface area contributed by atoms with E-state index in [1.54, 1.807) is 19.1 Å². The number of hydrogen-bond acceptors (Lipinski definition) is 4. The maximum atomic E-state index is 13.4. The van der Waals surface area contributed by atoms with E-state index in [-0.39, 0.29) is 36.3 Å². The monoisotopic (exact) mass is 375 g/mol. The van der Waals surface area contributed by atoms with Gasteiger partial charge in [0.15, 0.2) is 6.04 Å². The molecule has 0 aromatic heterocycles. The van der Waals surface area contributed by atoms with E-state index in [9.17, 15) is 9.18 Å². The van der Waals surface area contributed by atoms with Crippen LogP contribution in [0.5, 0.6) is 5.75 Å². The van der Waals surface area contributed by atoms with Crippen molar-refractivity contribution in [2.24, 2.45) is 0 Å². The van der Waals surface area contributed by atoms with Crippen LogP contribution in [-0.2, 0) is 14.3 Å². The Labute approximate surface area is 154 Å². The van der Waals surface area contributed by atoms with Crippen molar-refractivity contribution >= 4 is 5.97 Å². The highest BCUT2D eigenvalue weighted by molar-refractivity contribution is 5.74. The fourth-order valence-electron chi connectivity index (χ4n) is 2.83. The molecular weight excluding hydrogens is 349 g/mol. The second kappa shape index (κ2) is 10.6. The third kappa shape index (κ3) is 6.45. The first-order valence-electron chi connectivity index (χ1n) is 8.58. The van der Waals surface area contributed by atoms with Gasteiger partial charge in [-0.2, -0.15) is 0 Å². The molecule has 25 heavy (non-hydrogen) atoms. The molecule has 5 nitrogen and oxygen atoms in total. The summed E-state index contributed by atoms with van der Waals surface area (Å²) in [4.78, 5) is 12.0. The average Bonchev–Trinajstić information content (AvgIpc) is 2.58. The summed E-state index contributed by atoms with van der Waals surface area (Å²) in [7, 11) is 0. The van der Waals surface area contributed by atoms with Crippen molar-refractivity contribution in [3.8, 4) is 5.75 Å². The third-order valence-corrected chi connectivity index (χ3v) is 4.10. The number of carbonyl (C=O) groups is 1. The third-order valence-electron chi connectivity index (χ3n) is 4.10. The summed E-state index contributed by atoms with van der Waals surface area (Å²) in [5.74, 6) is -0.202. The van der Waals surface area contributed by atoms with Crippen molar-refractivity contribution < 1.29 is 41.5 Å². The van der Waals surface area contributed by atoms with Crippen molar-refractivity contribution in [1.82, 2.24) is 0 Å². The zero-order valence-electron chi connectivity index (χ0n) is 14.8. The van der Waals surface area contributed by atoms with Crippen LogP contribution in [0.3, 0.4) is 0 Å². The van der Waals surface area contributed by atoms with Gasteiger partial charge in [0.25, 0.3) is 0 Å². The minimum Gasteiger partial charge on any atom is -1.00 e. The predicted octanol–water partition coefficient (Wildman–Crippen LogP) is -0.902. The smallest absolute Gasteiger partial charge is 0.365 e. The average molecular weight is 376 g/mol. The Balaban J connectivity index is 0.00000312. The molecule has 0 radical (unpaired) electrons. The van der Waals surface area contributed by atoms with Crippen LogP contribution in [0.25, 0.3) is 0 Å². The fourth-order valence-corrected chi connectivity index (χ4v) is 2.83. The molecule has 1 aliphatic rings. The van der Waals surface area contributed by atoms with Gasteiger partial charge in [-0.15, -0.1) is 0 Å². The van der Waals surface area contributed by atoms with Gasteiger partial charge in [0, 0.05) is 19.1 Å². The largest absolute Gasteiger partial charge is 1.00 e. The van der Waals surface area contributed by atoms with Crippen molar-refractivity contribution in [2.45, 2.75) is 63.9 Å². The SMILES string of the molecule is CCCO[C@H]1[C@H](C)OC(=O)[C@@H]([NH3+])CCC[C@@H]1Oc1cccc(F)c1.[Cl-]. The van der Waals surface area contributed by atoms with Crippen molar-refractivity contribution in [3.05, 3.63) is 30.1 Å². The zero-order valence-corrected chi connectivity index (χ0v) is 15.5. The van der Waals surface area contributed by atoms with E-state index < -0.39 is 12.2 Å². The Hall–Kier alpha value is -1.37. The highest BCUT2D eigenvalue weighted by Crippen LogP contribution is 2.24. The zero-order chi connectivity index (χ0) is 17.5. The summed E-state index contributed by atoms with van der Waals surface area (Å²) < 4.78 is 30.8. The summed E-state index contributed by atoms with van der Waals surface area (Å²) in [5.41, 5.74) is 3.86. The van der Waals surface area contributed by atoms with Gasteiger partial charge in [0.2, 0.25) is 0 Å². The summed E-state index contributed by atoms with van der Waals surface area (Å²) in [6.45, 7) is 4.36. The molecule has 0 unspecified atom stereocenters. The fraction of sp³-hybridized carbons (Fsp3) is 0.611. The van der Waals surface area contributed by atoms with E-state index in [4.69, 9.17) is 14.2 Å². The second-order valence-corrected chi connectivity index (χ2v) is 6.22. The molecule has 7 heteroatoms. The van der Waals surface area contributed by atoms with Crippen LogP contribution >= 0.6 is 0 Å². The first-order chi connectivity index (χ1) is 11.5. The lowest BCUT2D eigenvalue weighted by atomic mass is 10.0. The highest BCUT2D eigenvalue weighted by Gasteiger charge is 2.35. The molecule has 1 fully saturated rings. The normalized spacial score (nSPS) is 27.3. The van der Waals surface area contributed by atoms with Gasteiger partial charge in [-0.1, -0.05) is 13.0 Å². The molecule has 0 aliphatic carbocycles. The van der Waals surface area contributed by atoms with Crippen LogP contribution in [0.4, 0.5) is 4.39 Å². The highest BCUT2D eigenvalue weighted by atomic mass is 35.5. The molecule has 0 saturated carbocycles. The van der Waals surface area contributed by atoms with Crippen molar-refractivity contribution in [2.75, 3.05) is 6.61 Å². The Morgan fingerprint density at radius 1 is 1.36 bits per heavy atom. The molecule has 1 saturated heterocycles. The molecule has 4 atom stereocenters. The van der Waals surface area contributed by atoms with E-state index in [1.165, 1.54) is 12.1 Å². The van der Waals surface area contributed by atoms with E-state index in [2.05, 4.69) is 5.73 Å². The molecule has 0 bridgehead atoms. The van der Waals surface area contributed by atoms with Gasteiger partial charge in [-0.3, -0.25) is 0 Å². The van der Waals surface area contributed by atoms with Crippen molar-refractivity contribution in [1.29, 1.82) is 0 Å². The molecule has 0 spiro atoms. The molecule has 2 rings (SSSR count). The minimum atomic E-state index is -0.454. The number of rotatable bonds is 5. The lowest BCUT2D eigenvalue weighted by Crippen LogP contribution is -3.00. The lowest BCUT2D eigenvalue weighted by molar-refractivity contribution is -0.410. The lowest BCUT2D eigenvalue weighted by Gasteiger charge is -2.31. The number of ether oxygens (including phenoxy) is 3. The number of carbonyl (C=O) groups excluding carboxylic acids is 1. The molecule has 3 N–H and O–H groups in total. The first-order valence-corrected chi connectivity index (χ1v) is 8.58. The van der Waals surface area contributed by atoms with Crippen molar-refractivity contribution in [3.63, 3.8) is 0 Å². The first kappa shape index (κ1) is 21.7. The van der Waals surface area contributed by atoms with Crippen LogP contribution in [0.15, 0.2) is 24.3 Å². The molecule has 1 aromatic carbocycles. The van der Waals surface area contributed by atoms with Gasteiger partial charge in [-0.25, -0.2) is 9.18 Å².